The van der Waals surface area contributed by atoms with E-state index in [1.54, 1.807) is 18.4 Å². The van der Waals surface area contributed by atoms with Crippen LogP contribution in [0, 0.1) is 20.8 Å². The first-order valence-corrected chi connectivity index (χ1v) is 10.4. The fourth-order valence-electron chi connectivity index (χ4n) is 3.89. The lowest BCUT2D eigenvalue weighted by Crippen LogP contribution is -2.52. The van der Waals surface area contributed by atoms with Crippen molar-refractivity contribution < 1.29 is 9.84 Å². The number of methoxy groups -OCH3 is 1. The van der Waals surface area contributed by atoms with E-state index in [-0.39, 0.29) is 6.61 Å². The van der Waals surface area contributed by atoms with Crippen molar-refractivity contribution in [2.75, 3.05) is 33.4 Å². The molecule has 0 spiro atoms. The van der Waals surface area contributed by atoms with Gasteiger partial charge in [0.05, 0.1) is 12.1 Å². The fraction of sp³-hybridized carbons (Fsp3) is 0.571. The second kappa shape index (κ2) is 9.15. The minimum Gasteiger partial charge on any atom is -0.496 e. The number of aliphatic hydroxyl groups excluding tert-OH is 1. The van der Waals surface area contributed by atoms with E-state index in [1.807, 2.05) is 6.20 Å². The third-order valence-electron chi connectivity index (χ3n) is 5.64. The van der Waals surface area contributed by atoms with Gasteiger partial charge >= 0.3 is 0 Å². The van der Waals surface area contributed by atoms with Gasteiger partial charge in [0.2, 0.25) is 0 Å². The lowest BCUT2D eigenvalue weighted by atomic mass is 10.00. The number of aromatic nitrogens is 1. The zero-order valence-electron chi connectivity index (χ0n) is 16.9. The van der Waals surface area contributed by atoms with Crippen molar-refractivity contribution in [1.82, 2.24) is 14.8 Å². The number of rotatable bonds is 7. The molecule has 3 rings (SSSR count). The molecule has 2 aromatic rings. The summed E-state index contributed by atoms with van der Waals surface area (Å²) in [5, 5.41) is 10.7. The van der Waals surface area contributed by atoms with Crippen LogP contribution in [0.15, 0.2) is 18.3 Å². The largest absolute Gasteiger partial charge is 0.496 e. The summed E-state index contributed by atoms with van der Waals surface area (Å²) in [6, 6.07) is 4.63. The Labute approximate surface area is 166 Å². The zero-order chi connectivity index (χ0) is 19.4. The molecule has 5 nitrogen and oxygen atoms in total. The highest BCUT2D eigenvalue weighted by Crippen LogP contribution is 2.27. The summed E-state index contributed by atoms with van der Waals surface area (Å²) < 4.78 is 5.45. The maximum atomic E-state index is 9.58. The number of hydrogen-bond acceptors (Lipinski definition) is 6. The summed E-state index contributed by atoms with van der Waals surface area (Å²) in [5.74, 6) is 0.952. The van der Waals surface area contributed by atoms with E-state index < -0.39 is 0 Å². The topological polar surface area (TPSA) is 48.8 Å². The second-order valence-corrected chi connectivity index (χ2v) is 8.71. The Kier molecular flexibility index (Phi) is 6.87. The Morgan fingerprint density at radius 2 is 2.00 bits per heavy atom. The molecule has 1 aromatic heterocycles. The summed E-state index contributed by atoms with van der Waals surface area (Å²) in [6.07, 6.45) is 2.81. The van der Waals surface area contributed by atoms with Crippen LogP contribution in [0.3, 0.4) is 0 Å². The Morgan fingerprint density at radius 1 is 1.19 bits per heavy atom. The molecule has 0 saturated carbocycles. The molecule has 2 heterocycles. The minimum absolute atomic E-state index is 0.231. The summed E-state index contributed by atoms with van der Waals surface area (Å²) in [7, 11) is 1.72. The van der Waals surface area contributed by atoms with Gasteiger partial charge < -0.3 is 9.84 Å². The highest BCUT2D eigenvalue weighted by atomic mass is 32.1. The highest BCUT2D eigenvalue weighted by Gasteiger charge is 2.27. The number of ether oxygens (including phenoxy) is 1. The van der Waals surface area contributed by atoms with Crippen molar-refractivity contribution in [3.8, 4) is 5.75 Å². The monoisotopic (exact) mass is 389 g/mol. The number of benzene rings is 1. The van der Waals surface area contributed by atoms with Crippen LogP contribution in [0.5, 0.6) is 5.75 Å². The number of nitrogens with zero attached hydrogens (tertiary/aromatic N) is 3. The van der Waals surface area contributed by atoms with Crippen LogP contribution in [-0.2, 0) is 13.1 Å². The lowest BCUT2D eigenvalue weighted by Gasteiger charge is -2.41. The highest BCUT2D eigenvalue weighted by molar-refractivity contribution is 7.11. The molecule has 0 radical (unpaired) electrons. The van der Waals surface area contributed by atoms with E-state index in [9.17, 15) is 5.11 Å². The van der Waals surface area contributed by atoms with E-state index in [4.69, 9.17) is 4.74 Å². The molecule has 1 aliphatic rings. The SMILES string of the molecule is COc1ccc(CN2CCN(Cc3cnc(C)s3)C[C@H]2CCO)c(C)c1C. The fourth-order valence-corrected chi connectivity index (χ4v) is 4.73. The van der Waals surface area contributed by atoms with Crippen LogP contribution in [0.2, 0.25) is 0 Å². The normalized spacial score (nSPS) is 18.8. The number of aliphatic hydroxyl groups is 1. The molecule has 1 aromatic carbocycles. The Bertz CT molecular complexity index is 762. The Hall–Kier alpha value is -1.47. The molecule has 0 bridgehead atoms. The first-order valence-electron chi connectivity index (χ1n) is 9.63. The van der Waals surface area contributed by atoms with Crippen LogP contribution in [-0.4, -0.2) is 59.3 Å². The van der Waals surface area contributed by atoms with Crippen molar-refractivity contribution in [2.45, 2.75) is 46.3 Å². The summed E-state index contributed by atoms with van der Waals surface area (Å²) in [6.45, 7) is 11.5. The van der Waals surface area contributed by atoms with E-state index in [1.165, 1.54) is 21.6 Å². The van der Waals surface area contributed by atoms with Gasteiger partial charge in [0.25, 0.3) is 0 Å². The van der Waals surface area contributed by atoms with Crippen molar-refractivity contribution in [1.29, 1.82) is 0 Å². The smallest absolute Gasteiger partial charge is 0.122 e. The third-order valence-corrected chi connectivity index (χ3v) is 6.54. The first kappa shape index (κ1) is 20.3. The average molecular weight is 390 g/mol. The molecule has 1 N–H and O–H groups in total. The van der Waals surface area contributed by atoms with E-state index >= 15 is 0 Å². The molecule has 1 saturated heterocycles. The van der Waals surface area contributed by atoms with Crippen LogP contribution in [0.25, 0.3) is 0 Å². The molecule has 1 atom stereocenters. The minimum atomic E-state index is 0.231. The standard InChI is InChI=1S/C21H31N3O2S/c1-15-16(2)21(26-4)6-5-18(15)12-24-9-8-23(13-19(24)7-10-25)14-20-11-22-17(3)27-20/h5-6,11,19,25H,7-10,12-14H2,1-4H3/t19-/m1/s1. The second-order valence-electron chi connectivity index (χ2n) is 7.39. The number of thiazole rings is 1. The summed E-state index contributed by atoms with van der Waals surface area (Å²) >= 11 is 1.78. The maximum absolute atomic E-state index is 9.58. The lowest BCUT2D eigenvalue weighted by molar-refractivity contribution is 0.0503. The first-order chi connectivity index (χ1) is 13.0. The molecule has 0 unspecified atom stereocenters. The van der Waals surface area contributed by atoms with Gasteiger partial charge in [0, 0.05) is 56.4 Å². The van der Waals surface area contributed by atoms with Gasteiger partial charge in [-0.15, -0.1) is 11.3 Å². The maximum Gasteiger partial charge on any atom is 0.122 e. The van der Waals surface area contributed by atoms with Crippen molar-refractivity contribution in [3.05, 3.63) is 44.9 Å². The quantitative estimate of drug-likeness (QED) is 0.788. The summed E-state index contributed by atoms with van der Waals surface area (Å²) in [4.78, 5) is 10.7. The van der Waals surface area contributed by atoms with Crippen molar-refractivity contribution in [2.24, 2.45) is 0 Å². The van der Waals surface area contributed by atoms with Gasteiger partial charge in [-0.1, -0.05) is 6.07 Å². The van der Waals surface area contributed by atoms with E-state index in [2.05, 4.69) is 47.7 Å². The third kappa shape index (κ3) is 4.88. The van der Waals surface area contributed by atoms with Gasteiger partial charge in [-0.25, -0.2) is 4.98 Å². The average Bonchev–Trinajstić information content (AvgIpc) is 3.06. The predicted octanol–water partition coefficient (Wildman–Crippen LogP) is 3.15. The molecule has 0 aliphatic carbocycles. The summed E-state index contributed by atoms with van der Waals surface area (Å²) in [5.41, 5.74) is 3.87. The van der Waals surface area contributed by atoms with Crippen LogP contribution in [0.4, 0.5) is 0 Å². The zero-order valence-corrected chi connectivity index (χ0v) is 17.7. The molecule has 6 heteroatoms. The molecular formula is C21H31N3O2S. The molecule has 148 valence electrons. The van der Waals surface area contributed by atoms with Gasteiger partial charge in [-0.2, -0.15) is 0 Å². The molecule has 27 heavy (non-hydrogen) atoms. The number of piperazine rings is 1. The molecule has 1 aliphatic heterocycles. The van der Waals surface area contributed by atoms with Crippen molar-refractivity contribution in [3.63, 3.8) is 0 Å². The Morgan fingerprint density at radius 3 is 2.67 bits per heavy atom. The van der Waals surface area contributed by atoms with E-state index in [0.29, 0.717) is 6.04 Å². The van der Waals surface area contributed by atoms with Crippen LogP contribution < -0.4 is 4.74 Å². The number of aryl methyl sites for hydroxylation is 1. The molecule has 0 amide bonds. The van der Waals surface area contributed by atoms with Crippen molar-refractivity contribution >= 4 is 11.3 Å². The molecular weight excluding hydrogens is 358 g/mol. The Balaban J connectivity index is 1.68. The predicted molar refractivity (Wildman–Crippen MR) is 110 cm³/mol. The van der Waals surface area contributed by atoms with Gasteiger partial charge in [0.15, 0.2) is 0 Å². The van der Waals surface area contributed by atoms with Crippen LogP contribution in [0.1, 0.15) is 33.0 Å². The van der Waals surface area contributed by atoms with E-state index in [0.717, 1.165) is 49.9 Å². The molecule has 1 fully saturated rings. The van der Waals surface area contributed by atoms with Gasteiger partial charge in [0.1, 0.15) is 5.75 Å². The van der Waals surface area contributed by atoms with Gasteiger partial charge in [-0.3, -0.25) is 9.80 Å². The number of hydrogen-bond donors (Lipinski definition) is 1. The van der Waals surface area contributed by atoms with Gasteiger partial charge in [-0.05, 0) is 49.9 Å². The van der Waals surface area contributed by atoms with Crippen LogP contribution >= 0.6 is 11.3 Å².